The van der Waals surface area contributed by atoms with Crippen LogP contribution in [0.4, 0.5) is 0 Å². The molecule has 0 bridgehead atoms. The van der Waals surface area contributed by atoms with Gasteiger partial charge in [0, 0.05) is 7.11 Å². The molecule has 1 unspecified atom stereocenters. The summed E-state index contributed by atoms with van der Waals surface area (Å²) in [6, 6.07) is 15.5. The summed E-state index contributed by atoms with van der Waals surface area (Å²) in [6.07, 6.45) is -0.545. The third-order valence-electron chi connectivity index (χ3n) is 3.10. The lowest BCUT2D eigenvalue weighted by atomic mass is 10.2. The van der Waals surface area contributed by atoms with Gasteiger partial charge in [-0.2, -0.15) is 4.89 Å². The number of para-hydroxylation sites is 2. The molecule has 0 aromatic heterocycles. The Hall–Kier alpha value is -2.61. The lowest BCUT2D eigenvalue weighted by molar-refractivity contribution is -0.218. The average molecular weight is 348 g/mol. The normalized spacial score (nSPS) is 11.7. The Balaban J connectivity index is 1.65. The fourth-order valence-electron chi connectivity index (χ4n) is 1.89. The van der Waals surface area contributed by atoms with Gasteiger partial charge in [-0.05, 0) is 24.3 Å². The fourth-order valence-corrected chi connectivity index (χ4v) is 1.89. The maximum Gasteiger partial charge on any atom is 0.339 e. The molecular formula is C18H20O7. The zero-order chi connectivity index (χ0) is 17.9. The summed E-state index contributed by atoms with van der Waals surface area (Å²) in [5.74, 6) is -0.267. The van der Waals surface area contributed by atoms with Crippen LogP contribution in [-0.4, -0.2) is 44.3 Å². The van der Waals surface area contributed by atoms with Crippen molar-refractivity contribution in [2.24, 2.45) is 0 Å². The maximum absolute atomic E-state index is 11.0. The van der Waals surface area contributed by atoms with Gasteiger partial charge in [0.1, 0.15) is 24.5 Å². The van der Waals surface area contributed by atoms with Gasteiger partial charge >= 0.3 is 5.97 Å². The molecule has 0 aliphatic rings. The molecule has 0 saturated heterocycles. The topological polar surface area (TPSA) is 83.5 Å². The lowest BCUT2D eigenvalue weighted by Gasteiger charge is -2.17. The molecule has 134 valence electrons. The highest BCUT2D eigenvalue weighted by Crippen LogP contribution is 2.17. The van der Waals surface area contributed by atoms with Gasteiger partial charge < -0.3 is 24.2 Å². The van der Waals surface area contributed by atoms with E-state index >= 15 is 0 Å². The van der Waals surface area contributed by atoms with Gasteiger partial charge in [-0.1, -0.05) is 30.3 Å². The van der Waals surface area contributed by atoms with Gasteiger partial charge in [0.2, 0.25) is 6.29 Å². The predicted octanol–water partition coefficient (Wildman–Crippen LogP) is 2.76. The van der Waals surface area contributed by atoms with E-state index in [1.165, 1.54) is 19.2 Å². The van der Waals surface area contributed by atoms with Gasteiger partial charge in [0.25, 0.3) is 0 Å². The van der Waals surface area contributed by atoms with E-state index in [4.69, 9.17) is 29.1 Å². The van der Waals surface area contributed by atoms with E-state index < -0.39 is 12.3 Å². The van der Waals surface area contributed by atoms with Crippen molar-refractivity contribution in [3.63, 3.8) is 0 Å². The minimum atomic E-state index is -1.09. The van der Waals surface area contributed by atoms with Crippen molar-refractivity contribution >= 4 is 5.97 Å². The van der Waals surface area contributed by atoms with Crippen LogP contribution >= 0.6 is 0 Å². The van der Waals surface area contributed by atoms with Crippen LogP contribution < -0.4 is 9.62 Å². The first kappa shape index (κ1) is 18.7. The highest BCUT2D eigenvalue weighted by Gasteiger charge is 2.11. The van der Waals surface area contributed by atoms with Crippen LogP contribution in [-0.2, 0) is 14.4 Å². The third-order valence-corrected chi connectivity index (χ3v) is 3.10. The average Bonchev–Trinajstić information content (AvgIpc) is 2.64. The summed E-state index contributed by atoms with van der Waals surface area (Å²) in [6.45, 7) is 0.559. The van der Waals surface area contributed by atoms with E-state index in [-0.39, 0.29) is 31.1 Å². The summed E-state index contributed by atoms with van der Waals surface area (Å²) in [4.78, 5) is 21.0. The molecule has 7 heteroatoms. The number of carboxylic acid groups (broad SMARTS) is 1. The van der Waals surface area contributed by atoms with Crippen LogP contribution in [0.1, 0.15) is 10.4 Å². The largest absolute Gasteiger partial charge is 0.478 e. The number of carboxylic acids is 1. The van der Waals surface area contributed by atoms with E-state index in [2.05, 4.69) is 0 Å². The van der Waals surface area contributed by atoms with Gasteiger partial charge in [-0.15, -0.1) is 0 Å². The number of hydrogen-bond donors (Lipinski definition) is 1. The maximum atomic E-state index is 11.0. The summed E-state index contributed by atoms with van der Waals surface area (Å²) in [5.41, 5.74) is 0.0270. The molecular weight excluding hydrogens is 328 g/mol. The first-order valence-electron chi connectivity index (χ1n) is 7.64. The van der Waals surface area contributed by atoms with Crippen LogP contribution in [0.15, 0.2) is 54.6 Å². The Kier molecular flexibility index (Phi) is 7.71. The first-order chi connectivity index (χ1) is 12.2. The predicted molar refractivity (Wildman–Crippen MR) is 88.7 cm³/mol. The van der Waals surface area contributed by atoms with Crippen LogP contribution in [0, 0.1) is 0 Å². The summed E-state index contributed by atoms with van der Waals surface area (Å²) in [7, 11) is 1.53. The zero-order valence-corrected chi connectivity index (χ0v) is 13.8. The highest BCUT2D eigenvalue weighted by molar-refractivity contribution is 5.90. The summed E-state index contributed by atoms with van der Waals surface area (Å²) < 4.78 is 16.2. The highest BCUT2D eigenvalue weighted by atomic mass is 17.2. The Morgan fingerprint density at radius 1 is 1.04 bits per heavy atom. The van der Waals surface area contributed by atoms with Gasteiger partial charge in [-0.25, -0.2) is 4.79 Å². The van der Waals surface area contributed by atoms with Crippen LogP contribution in [0.5, 0.6) is 11.5 Å². The first-order valence-corrected chi connectivity index (χ1v) is 7.64. The standard InChI is InChI=1S/C18H20O7/c1-21-17(24-14-7-3-2-4-8-14)13-22-11-12-23-25-16-10-6-5-9-15(16)18(19)20/h2-10,17H,11-13H2,1H3,(H,19,20). The second-order valence-corrected chi connectivity index (χ2v) is 4.88. The monoisotopic (exact) mass is 348 g/mol. The molecule has 25 heavy (non-hydrogen) atoms. The lowest BCUT2D eigenvalue weighted by Crippen LogP contribution is -2.26. The fraction of sp³-hybridized carbons (Fsp3) is 0.278. The van der Waals surface area contributed by atoms with Gasteiger partial charge in [-0.3, -0.25) is 0 Å². The van der Waals surface area contributed by atoms with Crippen molar-refractivity contribution in [3.05, 3.63) is 60.2 Å². The van der Waals surface area contributed by atoms with Gasteiger partial charge in [0.15, 0.2) is 5.75 Å². The summed E-state index contributed by atoms with van der Waals surface area (Å²) in [5, 5.41) is 9.03. The Labute approximate surface area is 145 Å². The molecule has 1 N–H and O–H groups in total. The number of hydrogen-bond acceptors (Lipinski definition) is 6. The van der Waals surface area contributed by atoms with Crippen LogP contribution in [0.25, 0.3) is 0 Å². The molecule has 7 nitrogen and oxygen atoms in total. The van der Waals surface area contributed by atoms with Crippen LogP contribution in [0.2, 0.25) is 0 Å². The van der Waals surface area contributed by atoms with Crippen molar-refractivity contribution in [2.45, 2.75) is 6.29 Å². The van der Waals surface area contributed by atoms with Crippen molar-refractivity contribution in [1.82, 2.24) is 0 Å². The number of aromatic carboxylic acids is 1. The summed E-state index contributed by atoms with van der Waals surface area (Å²) >= 11 is 0. The number of benzene rings is 2. The quantitative estimate of drug-likeness (QED) is 0.289. The number of methoxy groups -OCH3 is 1. The van der Waals surface area contributed by atoms with E-state index in [9.17, 15) is 4.79 Å². The van der Waals surface area contributed by atoms with Gasteiger partial charge in [0.05, 0.1) is 6.61 Å². The Morgan fingerprint density at radius 2 is 1.76 bits per heavy atom. The van der Waals surface area contributed by atoms with E-state index in [1.807, 2.05) is 30.3 Å². The van der Waals surface area contributed by atoms with Crippen molar-refractivity contribution < 1.29 is 33.9 Å². The van der Waals surface area contributed by atoms with Crippen molar-refractivity contribution in [2.75, 3.05) is 26.9 Å². The Morgan fingerprint density at radius 3 is 2.48 bits per heavy atom. The number of rotatable bonds is 11. The van der Waals surface area contributed by atoms with Crippen molar-refractivity contribution in [3.8, 4) is 11.5 Å². The zero-order valence-electron chi connectivity index (χ0n) is 13.8. The molecule has 2 aromatic carbocycles. The van der Waals surface area contributed by atoms with E-state index in [1.54, 1.807) is 12.1 Å². The Bertz CT molecular complexity index is 645. The molecule has 2 rings (SSSR count). The molecule has 0 heterocycles. The molecule has 2 aromatic rings. The third kappa shape index (κ3) is 6.42. The smallest absolute Gasteiger partial charge is 0.339 e. The number of ether oxygens (including phenoxy) is 3. The minimum absolute atomic E-state index is 0.0270. The minimum Gasteiger partial charge on any atom is -0.478 e. The molecule has 1 atom stereocenters. The second kappa shape index (κ2) is 10.3. The molecule has 0 aliphatic heterocycles. The molecule has 0 fully saturated rings. The second-order valence-electron chi connectivity index (χ2n) is 4.88. The molecule has 0 amide bonds. The molecule has 0 saturated carbocycles. The number of carbonyl (C=O) groups is 1. The molecule has 0 aliphatic carbocycles. The molecule has 0 spiro atoms. The van der Waals surface area contributed by atoms with E-state index in [0.29, 0.717) is 5.75 Å². The van der Waals surface area contributed by atoms with Crippen LogP contribution in [0.3, 0.4) is 0 Å². The SMILES string of the molecule is COC(COCCOOc1ccccc1C(=O)O)Oc1ccccc1. The van der Waals surface area contributed by atoms with E-state index in [0.717, 1.165) is 0 Å². The molecule has 0 radical (unpaired) electrons. The van der Waals surface area contributed by atoms with Crippen molar-refractivity contribution in [1.29, 1.82) is 0 Å².